The van der Waals surface area contributed by atoms with E-state index in [1.807, 2.05) is 0 Å². The number of likely N-dealkylation sites (tertiary alicyclic amines) is 1. The summed E-state index contributed by atoms with van der Waals surface area (Å²) < 4.78 is 40.7. The number of thiazole rings is 1. The SMILES string of the molecule is Cc1nc(-c2cc(F)c(F)c(O)c2F)sc1C(=O)N1CCC(O)CC1. The predicted molar refractivity (Wildman–Crippen MR) is 85.0 cm³/mol. The minimum atomic E-state index is -1.67. The van der Waals surface area contributed by atoms with Gasteiger partial charge < -0.3 is 15.1 Å². The van der Waals surface area contributed by atoms with Gasteiger partial charge in [0, 0.05) is 13.1 Å². The average Bonchev–Trinajstić information content (AvgIpc) is 2.97. The molecule has 1 aromatic heterocycles. The fourth-order valence-corrected chi connectivity index (χ4v) is 3.71. The highest BCUT2D eigenvalue weighted by atomic mass is 32.1. The number of carbonyl (C=O) groups is 1. The number of aryl methyl sites for hydroxylation is 1. The van der Waals surface area contributed by atoms with Crippen LogP contribution in [0, 0.1) is 24.4 Å². The molecule has 3 rings (SSSR count). The number of benzene rings is 1. The van der Waals surface area contributed by atoms with Gasteiger partial charge in [-0.2, -0.15) is 4.39 Å². The highest BCUT2D eigenvalue weighted by Crippen LogP contribution is 2.36. The molecule has 134 valence electrons. The van der Waals surface area contributed by atoms with Gasteiger partial charge in [0.1, 0.15) is 9.88 Å². The topological polar surface area (TPSA) is 73.7 Å². The second-order valence-corrected chi connectivity index (χ2v) is 6.84. The lowest BCUT2D eigenvalue weighted by Gasteiger charge is -2.29. The van der Waals surface area contributed by atoms with Crippen molar-refractivity contribution in [3.05, 3.63) is 34.1 Å². The molecule has 2 aromatic rings. The van der Waals surface area contributed by atoms with E-state index in [9.17, 15) is 28.2 Å². The first-order valence-corrected chi connectivity index (χ1v) is 8.42. The molecule has 1 fully saturated rings. The van der Waals surface area contributed by atoms with Crippen LogP contribution in [0.1, 0.15) is 28.2 Å². The molecule has 1 aliphatic rings. The Morgan fingerprint density at radius 3 is 2.56 bits per heavy atom. The van der Waals surface area contributed by atoms with Gasteiger partial charge in [0.25, 0.3) is 5.91 Å². The van der Waals surface area contributed by atoms with E-state index < -0.39 is 34.9 Å². The standard InChI is InChI=1S/C16H15F3N2O3S/c1-7-14(16(24)21-4-2-8(22)3-5-21)25-15(20-7)9-6-10(17)12(19)13(23)11(9)18/h6,8,22-23H,2-5H2,1H3. The van der Waals surface area contributed by atoms with E-state index in [4.69, 9.17) is 0 Å². The minimum Gasteiger partial charge on any atom is -0.503 e. The maximum atomic E-state index is 14.1. The zero-order chi connectivity index (χ0) is 18.3. The molecular weight excluding hydrogens is 357 g/mol. The molecule has 25 heavy (non-hydrogen) atoms. The molecule has 0 unspecified atom stereocenters. The van der Waals surface area contributed by atoms with Gasteiger partial charge in [0.05, 0.1) is 17.4 Å². The molecule has 0 aliphatic carbocycles. The Balaban J connectivity index is 1.95. The number of halogens is 3. The maximum absolute atomic E-state index is 14.1. The third kappa shape index (κ3) is 3.21. The second kappa shape index (κ2) is 6.64. The van der Waals surface area contributed by atoms with Gasteiger partial charge in [-0.1, -0.05) is 0 Å². The molecule has 1 aliphatic heterocycles. The molecule has 1 saturated heterocycles. The monoisotopic (exact) mass is 372 g/mol. The third-order valence-corrected chi connectivity index (χ3v) is 5.28. The van der Waals surface area contributed by atoms with Crippen LogP contribution >= 0.6 is 11.3 Å². The normalized spacial score (nSPS) is 15.6. The predicted octanol–water partition coefficient (Wildman–Crippen LogP) is 2.84. The Hall–Kier alpha value is -2.13. The van der Waals surface area contributed by atoms with Gasteiger partial charge in [-0.15, -0.1) is 11.3 Å². The Kier molecular flexibility index (Phi) is 4.70. The highest BCUT2D eigenvalue weighted by Gasteiger charge is 2.27. The molecule has 0 atom stereocenters. The van der Waals surface area contributed by atoms with E-state index in [1.165, 1.54) is 0 Å². The van der Waals surface area contributed by atoms with E-state index in [2.05, 4.69) is 4.98 Å². The van der Waals surface area contributed by atoms with Crippen molar-refractivity contribution in [3.8, 4) is 16.3 Å². The van der Waals surface area contributed by atoms with Crippen molar-refractivity contribution >= 4 is 17.2 Å². The largest absolute Gasteiger partial charge is 0.503 e. The zero-order valence-corrected chi connectivity index (χ0v) is 14.0. The van der Waals surface area contributed by atoms with Crippen molar-refractivity contribution in [1.82, 2.24) is 9.88 Å². The first-order chi connectivity index (χ1) is 11.8. The first kappa shape index (κ1) is 17.7. The lowest BCUT2D eigenvalue weighted by molar-refractivity contribution is 0.0550. The van der Waals surface area contributed by atoms with Crippen LogP contribution in [0.3, 0.4) is 0 Å². The number of aromatic hydroxyl groups is 1. The first-order valence-electron chi connectivity index (χ1n) is 7.61. The summed E-state index contributed by atoms with van der Waals surface area (Å²) in [4.78, 5) is 18.5. The van der Waals surface area contributed by atoms with Crippen LogP contribution in [0.2, 0.25) is 0 Å². The number of rotatable bonds is 2. The fraction of sp³-hybridized carbons (Fsp3) is 0.375. The Morgan fingerprint density at radius 1 is 1.28 bits per heavy atom. The van der Waals surface area contributed by atoms with Gasteiger partial charge in [-0.3, -0.25) is 4.79 Å². The molecule has 1 amide bonds. The number of amides is 1. The number of aliphatic hydroxyl groups excluding tert-OH is 1. The van der Waals surface area contributed by atoms with E-state index in [1.54, 1.807) is 11.8 Å². The van der Waals surface area contributed by atoms with Gasteiger partial charge in [0.15, 0.2) is 17.4 Å². The molecule has 2 heterocycles. The fourth-order valence-electron chi connectivity index (χ4n) is 2.67. The molecule has 0 spiro atoms. The van der Waals surface area contributed by atoms with Gasteiger partial charge in [0.2, 0.25) is 5.82 Å². The van der Waals surface area contributed by atoms with E-state index in [0.717, 1.165) is 11.3 Å². The Morgan fingerprint density at radius 2 is 1.92 bits per heavy atom. The summed E-state index contributed by atoms with van der Waals surface area (Å²) in [5.41, 5.74) is -0.0719. The summed E-state index contributed by atoms with van der Waals surface area (Å²) in [6, 6.07) is 0.605. The van der Waals surface area contributed by atoms with Gasteiger partial charge >= 0.3 is 0 Å². The van der Waals surface area contributed by atoms with Crippen LogP contribution in [0.4, 0.5) is 13.2 Å². The molecule has 0 bridgehead atoms. The molecular formula is C16H15F3N2O3S. The van der Waals surface area contributed by atoms with Gasteiger partial charge in [-0.05, 0) is 25.8 Å². The number of hydrogen-bond acceptors (Lipinski definition) is 5. The minimum absolute atomic E-state index is 0.0235. The van der Waals surface area contributed by atoms with Crippen molar-refractivity contribution in [1.29, 1.82) is 0 Å². The summed E-state index contributed by atoms with van der Waals surface area (Å²) in [6.07, 6.45) is 0.519. The number of phenolic OH excluding ortho intramolecular Hbond substituents is 1. The summed E-state index contributed by atoms with van der Waals surface area (Å²) in [7, 11) is 0. The second-order valence-electron chi connectivity index (χ2n) is 5.84. The van der Waals surface area contributed by atoms with Crippen LogP contribution in [-0.2, 0) is 0 Å². The number of piperidine rings is 1. The average molecular weight is 372 g/mol. The van der Waals surface area contributed by atoms with E-state index in [-0.39, 0.29) is 15.8 Å². The lowest BCUT2D eigenvalue weighted by Crippen LogP contribution is -2.39. The smallest absolute Gasteiger partial charge is 0.265 e. The van der Waals surface area contributed by atoms with Crippen molar-refractivity contribution in [2.75, 3.05) is 13.1 Å². The van der Waals surface area contributed by atoms with Crippen LogP contribution < -0.4 is 0 Å². The van der Waals surface area contributed by atoms with Crippen molar-refractivity contribution in [2.24, 2.45) is 0 Å². The quantitative estimate of drug-likeness (QED) is 0.795. The Bertz CT molecular complexity index is 833. The molecule has 0 radical (unpaired) electrons. The summed E-state index contributed by atoms with van der Waals surface area (Å²) in [5, 5.41) is 18.8. The number of aromatic nitrogens is 1. The number of aliphatic hydroxyl groups is 1. The van der Waals surface area contributed by atoms with E-state index >= 15 is 0 Å². The molecule has 1 aromatic carbocycles. The molecule has 5 nitrogen and oxygen atoms in total. The van der Waals surface area contributed by atoms with Crippen LogP contribution in [0.25, 0.3) is 10.6 Å². The number of carbonyl (C=O) groups excluding carboxylic acids is 1. The summed E-state index contributed by atoms with van der Waals surface area (Å²) >= 11 is 0.848. The third-order valence-electron chi connectivity index (χ3n) is 4.11. The van der Waals surface area contributed by atoms with Crippen molar-refractivity contribution in [2.45, 2.75) is 25.9 Å². The molecule has 9 heteroatoms. The summed E-state index contributed by atoms with van der Waals surface area (Å²) in [6.45, 7) is 2.35. The van der Waals surface area contributed by atoms with E-state index in [0.29, 0.717) is 37.7 Å². The van der Waals surface area contributed by atoms with Crippen LogP contribution in [0.15, 0.2) is 6.07 Å². The summed E-state index contributed by atoms with van der Waals surface area (Å²) in [5.74, 6) is -6.12. The van der Waals surface area contributed by atoms with Crippen LogP contribution in [-0.4, -0.2) is 45.2 Å². The van der Waals surface area contributed by atoms with Crippen molar-refractivity contribution in [3.63, 3.8) is 0 Å². The maximum Gasteiger partial charge on any atom is 0.265 e. The highest BCUT2D eigenvalue weighted by molar-refractivity contribution is 7.17. The van der Waals surface area contributed by atoms with Gasteiger partial charge in [-0.25, -0.2) is 13.8 Å². The lowest BCUT2D eigenvalue weighted by atomic mass is 10.1. The zero-order valence-electron chi connectivity index (χ0n) is 13.2. The number of phenols is 1. The van der Waals surface area contributed by atoms with Crippen LogP contribution in [0.5, 0.6) is 5.75 Å². The number of hydrogen-bond donors (Lipinski definition) is 2. The van der Waals surface area contributed by atoms with Crippen molar-refractivity contribution < 1.29 is 28.2 Å². The molecule has 0 saturated carbocycles. The Labute approximate surface area is 145 Å². The number of nitrogens with zero attached hydrogens (tertiary/aromatic N) is 2. The molecule has 2 N–H and O–H groups in total.